The standard InChI is InChI=1S/C29H31N7O4/c1-29(16-40-17-29)28(38)35-13-3-4-19(15-35)24-22-10-12-32-26(30)25(22)36(34-24)20-7-5-18(6-8-20)27(37)33-23-14-21(39-2)9-11-31-23/h5-12,14,19H,3-4,13,15-17H2,1-2H3,(H2,30,32)(H,31,33,37)/t19-/m1/s1. The van der Waals surface area contributed by atoms with Crippen molar-refractivity contribution in [2.45, 2.75) is 25.7 Å². The highest BCUT2D eigenvalue weighted by atomic mass is 16.5. The van der Waals surface area contributed by atoms with Crippen LogP contribution in [-0.4, -0.2) is 69.9 Å². The van der Waals surface area contributed by atoms with Crippen molar-refractivity contribution in [1.29, 1.82) is 0 Å². The fourth-order valence-corrected chi connectivity index (χ4v) is 5.45. The van der Waals surface area contributed by atoms with E-state index in [-0.39, 0.29) is 17.7 Å². The number of nitrogens with zero attached hydrogens (tertiary/aromatic N) is 5. The highest BCUT2D eigenvalue weighted by Crippen LogP contribution is 2.37. The lowest BCUT2D eigenvalue weighted by Gasteiger charge is -2.42. The average Bonchev–Trinajstić information content (AvgIpc) is 3.37. The first-order chi connectivity index (χ1) is 19.4. The molecule has 40 heavy (non-hydrogen) atoms. The Bertz CT molecular complexity index is 1580. The van der Waals surface area contributed by atoms with E-state index < -0.39 is 5.41 Å². The maximum Gasteiger partial charge on any atom is 0.256 e. The van der Waals surface area contributed by atoms with Crippen LogP contribution in [0.5, 0.6) is 5.75 Å². The molecule has 0 unspecified atom stereocenters. The van der Waals surface area contributed by atoms with Gasteiger partial charge in [-0.05, 0) is 56.2 Å². The summed E-state index contributed by atoms with van der Waals surface area (Å²) in [4.78, 5) is 36.5. The zero-order valence-electron chi connectivity index (χ0n) is 22.5. The van der Waals surface area contributed by atoms with Crippen LogP contribution < -0.4 is 15.8 Å². The fourth-order valence-electron chi connectivity index (χ4n) is 5.45. The second kappa shape index (κ2) is 10.2. The van der Waals surface area contributed by atoms with E-state index in [1.807, 2.05) is 30.0 Å². The van der Waals surface area contributed by atoms with E-state index in [9.17, 15) is 9.59 Å². The summed E-state index contributed by atoms with van der Waals surface area (Å²) in [6, 6.07) is 12.4. The Morgan fingerprint density at radius 2 is 1.90 bits per heavy atom. The zero-order valence-corrected chi connectivity index (χ0v) is 22.5. The van der Waals surface area contributed by atoms with Crippen LogP contribution in [-0.2, 0) is 9.53 Å². The predicted octanol–water partition coefficient (Wildman–Crippen LogP) is 3.40. The van der Waals surface area contributed by atoms with Crippen molar-refractivity contribution in [3.05, 3.63) is 66.1 Å². The average molecular weight is 542 g/mol. The molecule has 2 amide bonds. The number of hydrogen-bond donors (Lipinski definition) is 2. The van der Waals surface area contributed by atoms with Gasteiger partial charge in [0.25, 0.3) is 5.91 Å². The Morgan fingerprint density at radius 3 is 2.62 bits per heavy atom. The summed E-state index contributed by atoms with van der Waals surface area (Å²) in [5, 5.41) is 8.71. The molecule has 0 aliphatic carbocycles. The second-order valence-corrected chi connectivity index (χ2v) is 10.6. The molecule has 0 spiro atoms. The van der Waals surface area contributed by atoms with E-state index in [2.05, 4.69) is 15.3 Å². The maximum atomic E-state index is 13.2. The molecule has 3 aromatic heterocycles. The van der Waals surface area contributed by atoms with Gasteiger partial charge in [0.1, 0.15) is 22.9 Å². The van der Waals surface area contributed by atoms with Gasteiger partial charge in [-0.25, -0.2) is 14.6 Å². The lowest BCUT2D eigenvalue weighted by atomic mass is 9.85. The molecule has 3 N–H and O–H groups in total. The molecule has 2 aliphatic heterocycles. The Hall–Kier alpha value is -4.51. The highest BCUT2D eigenvalue weighted by Gasteiger charge is 2.44. The number of pyridine rings is 2. The number of methoxy groups -OCH3 is 1. The lowest BCUT2D eigenvalue weighted by Crippen LogP contribution is -2.55. The summed E-state index contributed by atoms with van der Waals surface area (Å²) in [6.45, 7) is 4.24. The number of aromatic nitrogens is 4. The van der Waals surface area contributed by atoms with Crippen LogP contribution in [0.3, 0.4) is 0 Å². The minimum absolute atomic E-state index is 0.0632. The number of fused-ring (bicyclic) bond motifs is 1. The van der Waals surface area contributed by atoms with E-state index in [0.717, 1.165) is 36.2 Å². The van der Waals surface area contributed by atoms with Crippen molar-refractivity contribution in [3.8, 4) is 11.4 Å². The van der Waals surface area contributed by atoms with Crippen LogP contribution in [0.4, 0.5) is 11.6 Å². The number of hydrogen-bond acceptors (Lipinski definition) is 8. The summed E-state index contributed by atoms with van der Waals surface area (Å²) >= 11 is 0. The van der Waals surface area contributed by atoms with Crippen LogP contribution in [0, 0.1) is 5.41 Å². The highest BCUT2D eigenvalue weighted by molar-refractivity contribution is 6.04. The van der Waals surface area contributed by atoms with Crippen molar-refractivity contribution in [3.63, 3.8) is 0 Å². The Morgan fingerprint density at radius 1 is 1.12 bits per heavy atom. The Labute approximate surface area is 231 Å². The first-order valence-corrected chi connectivity index (χ1v) is 13.3. The quantitative estimate of drug-likeness (QED) is 0.379. The van der Waals surface area contributed by atoms with Crippen LogP contribution in [0.15, 0.2) is 54.9 Å². The minimum Gasteiger partial charge on any atom is -0.497 e. The molecule has 6 rings (SSSR count). The van der Waals surface area contributed by atoms with Gasteiger partial charge in [-0.15, -0.1) is 0 Å². The summed E-state index contributed by atoms with van der Waals surface area (Å²) in [5.41, 5.74) is 8.72. The SMILES string of the molecule is COc1ccnc(NC(=O)c2ccc(-n3nc([C@@H]4CCCN(C(=O)C5(C)COC5)C4)c4ccnc(N)c43)cc2)c1. The number of benzene rings is 1. The number of amides is 2. The number of nitrogens with two attached hydrogens (primary N) is 1. The van der Waals surface area contributed by atoms with Crippen LogP contribution in [0.1, 0.15) is 41.7 Å². The van der Waals surface area contributed by atoms with Crippen LogP contribution >= 0.6 is 0 Å². The van der Waals surface area contributed by atoms with Crippen LogP contribution in [0.25, 0.3) is 16.6 Å². The van der Waals surface area contributed by atoms with Crippen molar-refractivity contribution < 1.29 is 19.1 Å². The third-order valence-corrected chi connectivity index (χ3v) is 7.68. The van der Waals surface area contributed by atoms with Gasteiger partial charge in [-0.3, -0.25) is 9.59 Å². The van der Waals surface area contributed by atoms with Gasteiger partial charge in [-0.1, -0.05) is 0 Å². The first kappa shape index (κ1) is 25.8. The topological polar surface area (TPSA) is 137 Å². The summed E-state index contributed by atoms with van der Waals surface area (Å²) in [6.07, 6.45) is 5.07. The number of anilines is 2. The number of carbonyl (C=O) groups excluding carboxylic acids is 2. The number of piperidine rings is 1. The van der Waals surface area contributed by atoms with Gasteiger partial charge < -0.3 is 25.4 Å². The van der Waals surface area contributed by atoms with E-state index >= 15 is 0 Å². The molecule has 2 saturated heterocycles. The van der Waals surface area contributed by atoms with Gasteiger partial charge in [0.2, 0.25) is 5.91 Å². The molecule has 0 radical (unpaired) electrons. The molecule has 2 aliphatic rings. The smallest absolute Gasteiger partial charge is 0.256 e. The summed E-state index contributed by atoms with van der Waals surface area (Å²) in [7, 11) is 1.56. The number of carbonyl (C=O) groups is 2. The molecular formula is C29H31N7O4. The lowest BCUT2D eigenvalue weighted by molar-refractivity contribution is -0.169. The third-order valence-electron chi connectivity index (χ3n) is 7.68. The molecule has 206 valence electrons. The molecular weight excluding hydrogens is 510 g/mol. The molecule has 2 fully saturated rings. The number of rotatable bonds is 6. The van der Waals surface area contributed by atoms with Gasteiger partial charge >= 0.3 is 0 Å². The first-order valence-electron chi connectivity index (χ1n) is 13.3. The molecule has 11 heteroatoms. The monoisotopic (exact) mass is 541 g/mol. The summed E-state index contributed by atoms with van der Waals surface area (Å²) < 4.78 is 12.3. The molecule has 1 aromatic carbocycles. The second-order valence-electron chi connectivity index (χ2n) is 10.6. The van der Waals surface area contributed by atoms with E-state index in [4.69, 9.17) is 20.3 Å². The van der Waals surface area contributed by atoms with Crippen molar-refractivity contribution in [2.24, 2.45) is 5.41 Å². The van der Waals surface area contributed by atoms with E-state index in [1.54, 1.807) is 48.5 Å². The molecule has 11 nitrogen and oxygen atoms in total. The largest absolute Gasteiger partial charge is 0.497 e. The molecule has 5 heterocycles. The number of nitrogens with one attached hydrogen (secondary N) is 1. The normalized spacial score (nSPS) is 18.2. The number of nitrogen functional groups attached to an aromatic ring is 1. The fraction of sp³-hybridized carbons (Fsp3) is 0.345. The molecule has 1 atom stereocenters. The maximum absolute atomic E-state index is 13.2. The summed E-state index contributed by atoms with van der Waals surface area (Å²) in [5.74, 6) is 1.28. The Balaban J connectivity index is 1.27. The van der Waals surface area contributed by atoms with E-state index in [1.165, 1.54) is 0 Å². The number of likely N-dealkylation sites (tertiary alicyclic amines) is 1. The zero-order chi connectivity index (χ0) is 27.9. The van der Waals surface area contributed by atoms with Crippen molar-refractivity contribution in [2.75, 3.05) is 44.5 Å². The minimum atomic E-state index is -0.436. The molecule has 0 bridgehead atoms. The van der Waals surface area contributed by atoms with Gasteiger partial charge in [0.15, 0.2) is 0 Å². The molecule has 4 aromatic rings. The molecule has 0 saturated carbocycles. The van der Waals surface area contributed by atoms with Gasteiger partial charge in [0.05, 0.1) is 37.1 Å². The van der Waals surface area contributed by atoms with E-state index in [0.29, 0.717) is 48.2 Å². The van der Waals surface area contributed by atoms with Crippen molar-refractivity contribution in [1.82, 2.24) is 24.6 Å². The Kier molecular flexibility index (Phi) is 6.59. The van der Waals surface area contributed by atoms with Crippen molar-refractivity contribution >= 4 is 34.4 Å². The predicted molar refractivity (Wildman–Crippen MR) is 150 cm³/mol. The third kappa shape index (κ3) is 4.62. The van der Waals surface area contributed by atoms with Crippen LogP contribution in [0.2, 0.25) is 0 Å². The van der Waals surface area contributed by atoms with Gasteiger partial charge in [-0.2, -0.15) is 5.10 Å². The number of ether oxygens (including phenoxy) is 2. The van der Waals surface area contributed by atoms with Gasteiger partial charge in [0, 0.05) is 48.4 Å².